The maximum Gasteiger partial charge on any atom is 0.407 e. The number of fused-ring (bicyclic) bond motifs is 1. The van der Waals surface area contributed by atoms with Crippen LogP contribution in [0.5, 0.6) is 11.5 Å². The summed E-state index contributed by atoms with van der Waals surface area (Å²) in [7, 11) is 1.58. The molecule has 2 amide bonds. The van der Waals surface area contributed by atoms with Crippen molar-refractivity contribution >= 4 is 17.6 Å². The lowest BCUT2D eigenvalue weighted by molar-refractivity contribution is 0.0525. The van der Waals surface area contributed by atoms with E-state index in [9.17, 15) is 9.59 Å². The molecule has 0 unspecified atom stereocenters. The van der Waals surface area contributed by atoms with E-state index in [2.05, 4.69) is 10.3 Å². The average Bonchev–Trinajstić information content (AvgIpc) is 3.31. The van der Waals surface area contributed by atoms with Crippen LogP contribution in [-0.4, -0.2) is 52.5 Å². The van der Waals surface area contributed by atoms with Crippen LogP contribution in [0.4, 0.5) is 4.79 Å². The highest BCUT2D eigenvalue weighted by atomic mass is 16.6. The molecule has 3 N–H and O–H groups in total. The van der Waals surface area contributed by atoms with Gasteiger partial charge in [0.05, 0.1) is 31.3 Å². The Morgan fingerprint density at radius 3 is 2.42 bits per heavy atom. The molecule has 0 bridgehead atoms. The minimum Gasteiger partial charge on any atom is -0.493 e. The zero-order chi connectivity index (χ0) is 27.3. The molecular weight excluding hydrogens is 486 g/mol. The third-order valence-electron chi connectivity index (χ3n) is 5.53. The fourth-order valence-corrected chi connectivity index (χ4v) is 3.73. The highest BCUT2D eigenvalue weighted by Gasteiger charge is 2.16. The molecule has 0 atom stereocenters. The molecule has 10 heteroatoms. The number of hydrogen-bond acceptors (Lipinski definition) is 7. The van der Waals surface area contributed by atoms with E-state index in [0.717, 1.165) is 22.5 Å². The van der Waals surface area contributed by atoms with Gasteiger partial charge >= 0.3 is 6.09 Å². The number of ether oxygens (including phenoxy) is 3. The lowest BCUT2D eigenvalue weighted by Gasteiger charge is -2.19. The van der Waals surface area contributed by atoms with Crippen LogP contribution in [-0.2, 0) is 4.74 Å². The summed E-state index contributed by atoms with van der Waals surface area (Å²) in [6, 6.07) is 16.4. The molecule has 0 fully saturated rings. The number of primary amides is 1. The van der Waals surface area contributed by atoms with Gasteiger partial charge in [-0.25, -0.2) is 14.3 Å². The minimum absolute atomic E-state index is 0.392. The molecule has 0 spiro atoms. The van der Waals surface area contributed by atoms with Gasteiger partial charge in [-0.2, -0.15) is 5.10 Å². The number of aromatic nitrogens is 3. The van der Waals surface area contributed by atoms with Gasteiger partial charge in [0.1, 0.15) is 5.60 Å². The van der Waals surface area contributed by atoms with Crippen molar-refractivity contribution in [2.75, 3.05) is 20.3 Å². The zero-order valence-electron chi connectivity index (χ0n) is 21.9. The fraction of sp³-hybridized carbons (Fsp3) is 0.286. The van der Waals surface area contributed by atoms with Gasteiger partial charge in [-0.3, -0.25) is 4.79 Å². The second kappa shape index (κ2) is 11.2. The number of nitrogens with one attached hydrogen (secondary N) is 1. The summed E-state index contributed by atoms with van der Waals surface area (Å²) in [6.07, 6.45) is 1.89. The summed E-state index contributed by atoms with van der Waals surface area (Å²) in [6.45, 7) is 6.28. The smallest absolute Gasteiger partial charge is 0.407 e. The maximum atomic E-state index is 11.7. The first-order valence-corrected chi connectivity index (χ1v) is 12.2. The van der Waals surface area contributed by atoms with Gasteiger partial charge in [-0.15, -0.1) is 0 Å². The van der Waals surface area contributed by atoms with Gasteiger partial charge < -0.3 is 25.3 Å². The van der Waals surface area contributed by atoms with Crippen molar-refractivity contribution in [3.8, 4) is 34.0 Å². The third kappa shape index (κ3) is 6.39. The number of carbonyl (C=O) groups is 2. The molecule has 0 saturated carbocycles. The summed E-state index contributed by atoms with van der Waals surface area (Å²) < 4.78 is 18.4. The van der Waals surface area contributed by atoms with E-state index < -0.39 is 17.6 Å². The highest BCUT2D eigenvalue weighted by molar-refractivity contribution is 5.93. The number of rotatable bonds is 9. The van der Waals surface area contributed by atoms with Crippen LogP contribution in [0.2, 0.25) is 0 Å². The van der Waals surface area contributed by atoms with Crippen molar-refractivity contribution in [3.63, 3.8) is 0 Å². The standard InChI is InChI=1S/C28H31N5O5/c1-28(2,3)38-27(35)30-14-5-15-37-23-12-10-20(16-24(23)36-4)21-11-13-25-31-17-22(33(25)32-21)18-6-8-19(9-7-18)26(29)34/h6-13,16-17H,5,14-15H2,1-4H3,(H2,29,34)(H,30,35). The Morgan fingerprint density at radius 1 is 1.00 bits per heavy atom. The van der Waals surface area contributed by atoms with Gasteiger partial charge in [0.25, 0.3) is 0 Å². The molecule has 0 saturated heterocycles. The van der Waals surface area contributed by atoms with Crippen molar-refractivity contribution < 1.29 is 23.8 Å². The second-order valence-electron chi connectivity index (χ2n) is 9.57. The summed E-state index contributed by atoms with van der Waals surface area (Å²) in [4.78, 5) is 27.6. The van der Waals surface area contributed by atoms with Crippen LogP contribution in [0.3, 0.4) is 0 Å². The molecule has 38 heavy (non-hydrogen) atoms. The maximum absolute atomic E-state index is 11.7. The lowest BCUT2D eigenvalue weighted by atomic mass is 10.1. The number of carbonyl (C=O) groups excluding carboxylic acids is 2. The first-order valence-electron chi connectivity index (χ1n) is 12.2. The molecule has 2 heterocycles. The number of hydrogen-bond donors (Lipinski definition) is 2. The third-order valence-corrected chi connectivity index (χ3v) is 5.53. The SMILES string of the molecule is COc1cc(-c2ccc3ncc(-c4ccc(C(N)=O)cc4)n3n2)ccc1OCCCNC(=O)OC(C)(C)C. The van der Waals surface area contributed by atoms with Crippen LogP contribution in [0.25, 0.3) is 28.2 Å². The Bertz CT molecular complexity index is 1440. The Balaban J connectivity index is 1.45. The van der Waals surface area contributed by atoms with Crippen molar-refractivity contribution in [1.82, 2.24) is 19.9 Å². The molecular formula is C28H31N5O5. The van der Waals surface area contributed by atoms with Crippen molar-refractivity contribution in [3.05, 3.63) is 66.4 Å². The number of imidazole rings is 1. The van der Waals surface area contributed by atoms with E-state index in [1.165, 1.54) is 0 Å². The second-order valence-corrected chi connectivity index (χ2v) is 9.57. The van der Waals surface area contributed by atoms with E-state index in [0.29, 0.717) is 42.3 Å². The van der Waals surface area contributed by atoms with E-state index in [1.54, 1.807) is 30.0 Å². The minimum atomic E-state index is -0.535. The Labute approximate surface area is 220 Å². The summed E-state index contributed by atoms with van der Waals surface area (Å²) in [5, 5.41) is 7.50. The average molecular weight is 518 g/mol. The van der Waals surface area contributed by atoms with Gasteiger partial charge in [0.15, 0.2) is 17.1 Å². The van der Waals surface area contributed by atoms with Gasteiger partial charge in [0, 0.05) is 23.2 Å². The summed E-state index contributed by atoms with van der Waals surface area (Å²) >= 11 is 0. The Hall–Kier alpha value is -4.60. The number of alkyl carbamates (subject to hydrolysis) is 1. The van der Waals surface area contributed by atoms with Crippen LogP contribution in [0.1, 0.15) is 37.6 Å². The lowest BCUT2D eigenvalue weighted by Crippen LogP contribution is -2.33. The first-order chi connectivity index (χ1) is 18.1. The normalized spacial score (nSPS) is 11.3. The Morgan fingerprint density at radius 2 is 1.74 bits per heavy atom. The van der Waals surface area contributed by atoms with Gasteiger partial charge in [-0.1, -0.05) is 12.1 Å². The van der Waals surface area contributed by atoms with E-state index in [4.69, 9.17) is 25.0 Å². The molecule has 2 aromatic heterocycles. The molecule has 198 valence electrons. The largest absolute Gasteiger partial charge is 0.493 e. The summed E-state index contributed by atoms with van der Waals surface area (Å²) in [5.41, 5.74) is 9.14. The molecule has 0 aliphatic carbocycles. The number of benzene rings is 2. The number of methoxy groups -OCH3 is 1. The molecule has 2 aromatic carbocycles. The highest BCUT2D eigenvalue weighted by Crippen LogP contribution is 2.32. The monoisotopic (exact) mass is 517 g/mol. The number of nitrogens with two attached hydrogens (primary N) is 1. The molecule has 0 aliphatic heterocycles. The Kier molecular flexibility index (Phi) is 7.80. The van der Waals surface area contributed by atoms with Crippen molar-refractivity contribution in [2.45, 2.75) is 32.8 Å². The zero-order valence-corrected chi connectivity index (χ0v) is 21.9. The van der Waals surface area contributed by atoms with Gasteiger partial charge in [-0.05, 0) is 69.7 Å². The van der Waals surface area contributed by atoms with E-state index >= 15 is 0 Å². The predicted molar refractivity (Wildman–Crippen MR) is 143 cm³/mol. The molecule has 4 rings (SSSR count). The fourth-order valence-electron chi connectivity index (χ4n) is 3.73. The predicted octanol–water partition coefficient (Wildman–Crippen LogP) is 4.46. The van der Waals surface area contributed by atoms with Crippen LogP contribution in [0, 0.1) is 0 Å². The van der Waals surface area contributed by atoms with E-state index in [1.807, 2.05) is 63.2 Å². The van der Waals surface area contributed by atoms with Crippen molar-refractivity contribution in [1.29, 1.82) is 0 Å². The quantitative estimate of drug-likeness (QED) is 0.313. The number of nitrogens with zero attached hydrogens (tertiary/aromatic N) is 3. The molecule has 4 aromatic rings. The van der Waals surface area contributed by atoms with Crippen LogP contribution in [0.15, 0.2) is 60.8 Å². The van der Waals surface area contributed by atoms with Crippen LogP contribution >= 0.6 is 0 Å². The van der Waals surface area contributed by atoms with Gasteiger partial charge in [0.2, 0.25) is 5.91 Å². The summed E-state index contributed by atoms with van der Waals surface area (Å²) in [5.74, 6) is 0.679. The molecule has 0 radical (unpaired) electrons. The number of amides is 2. The van der Waals surface area contributed by atoms with Crippen LogP contribution < -0.4 is 20.5 Å². The van der Waals surface area contributed by atoms with Crippen molar-refractivity contribution in [2.24, 2.45) is 5.73 Å². The first kappa shape index (κ1) is 26.5. The molecule has 0 aliphatic rings. The topological polar surface area (TPSA) is 130 Å². The molecule has 10 nitrogen and oxygen atoms in total. The van der Waals surface area contributed by atoms with E-state index in [-0.39, 0.29) is 0 Å².